The molecular formula is C26H26N6O. The molecule has 5 aromatic rings. The van der Waals surface area contributed by atoms with Crippen LogP contribution >= 0.6 is 0 Å². The molecule has 3 heterocycles. The molecule has 0 aliphatic rings. The molecule has 0 amide bonds. The van der Waals surface area contributed by atoms with Gasteiger partial charge in [-0.1, -0.05) is 56.3 Å². The summed E-state index contributed by atoms with van der Waals surface area (Å²) in [5.74, 6) is 0.812. The number of pyridine rings is 1. The smallest absolute Gasteiger partial charge is 0.351 e. The van der Waals surface area contributed by atoms with Gasteiger partial charge in [-0.05, 0) is 34.4 Å². The number of hydrogen-bond donors (Lipinski definition) is 1. The van der Waals surface area contributed by atoms with Crippen molar-refractivity contribution in [1.29, 1.82) is 0 Å². The van der Waals surface area contributed by atoms with Crippen molar-refractivity contribution in [3.05, 3.63) is 83.0 Å². The summed E-state index contributed by atoms with van der Waals surface area (Å²) >= 11 is 0. The predicted octanol–water partition coefficient (Wildman–Crippen LogP) is 4.55. The number of nitrogens with zero attached hydrogens (tertiary/aromatic N) is 5. The first kappa shape index (κ1) is 20.9. The predicted molar refractivity (Wildman–Crippen MR) is 132 cm³/mol. The van der Waals surface area contributed by atoms with Gasteiger partial charge in [-0.25, -0.2) is 4.79 Å². The van der Waals surface area contributed by atoms with Crippen LogP contribution in [0, 0.1) is 5.92 Å². The maximum atomic E-state index is 12.9. The van der Waals surface area contributed by atoms with E-state index in [0.717, 1.165) is 22.2 Å². The van der Waals surface area contributed by atoms with Gasteiger partial charge in [0.25, 0.3) is 0 Å². The topological polar surface area (TPSA) is 77.6 Å². The molecule has 0 spiro atoms. The van der Waals surface area contributed by atoms with E-state index in [9.17, 15) is 4.79 Å². The lowest BCUT2D eigenvalue weighted by Gasteiger charge is -2.12. The fourth-order valence-corrected chi connectivity index (χ4v) is 4.38. The molecule has 0 saturated heterocycles. The minimum absolute atomic E-state index is 0.278. The fraction of sp³-hybridized carbons (Fsp3) is 0.231. The Balaban J connectivity index is 1.82. The lowest BCUT2D eigenvalue weighted by Crippen LogP contribution is -2.26. The summed E-state index contributed by atoms with van der Waals surface area (Å²) in [7, 11) is 1.78. The van der Waals surface area contributed by atoms with E-state index in [4.69, 9.17) is 5.10 Å². The van der Waals surface area contributed by atoms with E-state index in [1.165, 1.54) is 10.8 Å². The molecule has 0 saturated carbocycles. The minimum Gasteiger partial charge on any atom is -0.372 e. The highest BCUT2D eigenvalue weighted by molar-refractivity contribution is 5.99. The standard InChI is InChI=1S/C26H26N6O/c1-17(2)15-31-25-22(24(27-3)29-26(31)33)23(19-11-13-28-14-12-19)32(30-25)16-20-9-6-8-18-7-4-5-10-21(18)20/h4-14,17H,15-16H2,1-3H3,(H,27,29,33). The zero-order valence-electron chi connectivity index (χ0n) is 19.0. The molecule has 0 radical (unpaired) electrons. The Morgan fingerprint density at radius 1 is 1.00 bits per heavy atom. The van der Waals surface area contributed by atoms with Gasteiger partial charge in [0, 0.05) is 31.5 Å². The third-order valence-electron chi connectivity index (χ3n) is 5.80. The summed E-state index contributed by atoms with van der Waals surface area (Å²) in [6.07, 6.45) is 3.54. The maximum Gasteiger partial charge on any atom is 0.351 e. The van der Waals surface area contributed by atoms with Gasteiger partial charge >= 0.3 is 5.69 Å². The van der Waals surface area contributed by atoms with Crippen molar-refractivity contribution < 1.29 is 0 Å². The third kappa shape index (κ3) is 3.75. The maximum absolute atomic E-state index is 12.9. The van der Waals surface area contributed by atoms with Gasteiger partial charge in [0.2, 0.25) is 0 Å². The largest absolute Gasteiger partial charge is 0.372 e. The average molecular weight is 439 g/mol. The first-order valence-electron chi connectivity index (χ1n) is 11.1. The Morgan fingerprint density at radius 3 is 2.52 bits per heavy atom. The Labute approximate surface area is 191 Å². The second-order valence-electron chi connectivity index (χ2n) is 8.58. The van der Waals surface area contributed by atoms with E-state index in [0.29, 0.717) is 24.6 Å². The van der Waals surface area contributed by atoms with E-state index >= 15 is 0 Å². The van der Waals surface area contributed by atoms with Crippen LogP contribution < -0.4 is 11.0 Å². The first-order chi connectivity index (χ1) is 16.1. The highest BCUT2D eigenvalue weighted by Gasteiger charge is 2.22. The second kappa shape index (κ2) is 8.50. The summed E-state index contributed by atoms with van der Waals surface area (Å²) in [6.45, 7) is 5.28. The van der Waals surface area contributed by atoms with Gasteiger partial charge in [0.15, 0.2) is 5.65 Å². The average Bonchev–Trinajstić information content (AvgIpc) is 3.20. The molecule has 0 bridgehead atoms. The summed E-state index contributed by atoms with van der Waals surface area (Å²) in [4.78, 5) is 21.4. The Morgan fingerprint density at radius 2 is 1.76 bits per heavy atom. The molecule has 0 aliphatic carbocycles. The van der Waals surface area contributed by atoms with Crippen LogP contribution in [0.2, 0.25) is 0 Å². The number of nitrogens with one attached hydrogen (secondary N) is 1. The lowest BCUT2D eigenvalue weighted by molar-refractivity contribution is 0.512. The molecule has 5 rings (SSSR count). The van der Waals surface area contributed by atoms with Crippen LogP contribution in [-0.2, 0) is 13.1 Å². The summed E-state index contributed by atoms with van der Waals surface area (Å²) in [5.41, 5.74) is 3.39. The van der Waals surface area contributed by atoms with Gasteiger partial charge < -0.3 is 5.32 Å². The minimum atomic E-state index is -0.295. The molecular weight excluding hydrogens is 412 g/mol. The molecule has 0 aliphatic heterocycles. The van der Waals surface area contributed by atoms with Crippen LogP contribution in [0.3, 0.4) is 0 Å². The number of aromatic nitrogens is 5. The Hall–Kier alpha value is -4.00. The number of anilines is 1. The third-order valence-corrected chi connectivity index (χ3v) is 5.80. The highest BCUT2D eigenvalue weighted by Crippen LogP contribution is 2.33. The van der Waals surface area contributed by atoms with Gasteiger partial charge in [-0.2, -0.15) is 10.1 Å². The summed E-state index contributed by atoms with van der Waals surface area (Å²) < 4.78 is 3.67. The zero-order valence-corrected chi connectivity index (χ0v) is 19.0. The summed E-state index contributed by atoms with van der Waals surface area (Å²) in [6, 6.07) is 18.6. The van der Waals surface area contributed by atoms with Crippen molar-refractivity contribution in [1.82, 2.24) is 24.3 Å². The molecule has 33 heavy (non-hydrogen) atoms. The van der Waals surface area contributed by atoms with Crippen LogP contribution in [0.4, 0.5) is 5.82 Å². The quantitative estimate of drug-likeness (QED) is 0.421. The van der Waals surface area contributed by atoms with Gasteiger partial charge in [-0.15, -0.1) is 0 Å². The van der Waals surface area contributed by atoms with Crippen LogP contribution in [0.25, 0.3) is 33.1 Å². The van der Waals surface area contributed by atoms with Crippen molar-refractivity contribution >= 4 is 27.6 Å². The monoisotopic (exact) mass is 438 g/mol. The SMILES string of the molecule is CNc1nc(=O)n(CC(C)C)c2nn(Cc3cccc4ccccc34)c(-c3ccncc3)c12. The van der Waals surface area contributed by atoms with Crippen LogP contribution in [-0.4, -0.2) is 31.4 Å². The molecule has 2 aromatic carbocycles. The molecule has 3 aromatic heterocycles. The van der Waals surface area contributed by atoms with Crippen molar-refractivity contribution in [2.75, 3.05) is 12.4 Å². The van der Waals surface area contributed by atoms with Crippen molar-refractivity contribution in [2.45, 2.75) is 26.9 Å². The van der Waals surface area contributed by atoms with Crippen molar-refractivity contribution in [3.63, 3.8) is 0 Å². The van der Waals surface area contributed by atoms with E-state index in [1.807, 2.05) is 22.9 Å². The Kier molecular flexibility index (Phi) is 5.38. The van der Waals surface area contributed by atoms with E-state index in [-0.39, 0.29) is 11.6 Å². The van der Waals surface area contributed by atoms with Gasteiger partial charge in [0.1, 0.15) is 5.82 Å². The number of fused-ring (bicyclic) bond motifs is 2. The van der Waals surface area contributed by atoms with Gasteiger partial charge in [-0.3, -0.25) is 14.2 Å². The lowest BCUT2D eigenvalue weighted by atomic mass is 10.0. The number of hydrogen-bond acceptors (Lipinski definition) is 5. The van der Waals surface area contributed by atoms with Crippen LogP contribution in [0.15, 0.2) is 71.8 Å². The highest BCUT2D eigenvalue weighted by atomic mass is 16.1. The van der Waals surface area contributed by atoms with Crippen molar-refractivity contribution in [2.24, 2.45) is 5.92 Å². The molecule has 1 N–H and O–H groups in total. The number of benzene rings is 2. The van der Waals surface area contributed by atoms with Gasteiger partial charge in [0.05, 0.1) is 17.6 Å². The summed E-state index contributed by atoms with van der Waals surface area (Å²) in [5, 5.41) is 11.3. The molecule has 0 fully saturated rings. The zero-order chi connectivity index (χ0) is 22.9. The molecule has 166 valence electrons. The molecule has 0 atom stereocenters. The van der Waals surface area contributed by atoms with Crippen LogP contribution in [0.1, 0.15) is 19.4 Å². The number of rotatable bonds is 6. The first-order valence-corrected chi connectivity index (χ1v) is 11.1. The molecule has 7 heteroatoms. The molecule has 7 nitrogen and oxygen atoms in total. The molecule has 0 unspecified atom stereocenters. The van der Waals surface area contributed by atoms with Crippen molar-refractivity contribution in [3.8, 4) is 11.3 Å². The Bertz CT molecular complexity index is 1500. The van der Waals surface area contributed by atoms with E-state index < -0.39 is 0 Å². The van der Waals surface area contributed by atoms with E-state index in [1.54, 1.807) is 24.0 Å². The van der Waals surface area contributed by atoms with E-state index in [2.05, 4.69) is 65.5 Å². The normalized spacial score (nSPS) is 11.5. The van der Waals surface area contributed by atoms with Crippen LogP contribution in [0.5, 0.6) is 0 Å². The fourth-order valence-electron chi connectivity index (χ4n) is 4.38. The second-order valence-corrected chi connectivity index (χ2v) is 8.58.